The Labute approximate surface area is 145 Å². The van der Waals surface area contributed by atoms with E-state index in [0.717, 1.165) is 12.8 Å². The summed E-state index contributed by atoms with van der Waals surface area (Å²) in [5.41, 5.74) is -0.468. The zero-order valence-electron chi connectivity index (χ0n) is 13.8. The Morgan fingerprint density at radius 3 is 2.54 bits per heavy atom. The molecule has 2 N–H and O–H groups in total. The van der Waals surface area contributed by atoms with Crippen LogP contribution in [0.2, 0.25) is 5.02 Å². The third-order valence-electron chi connectivity index (χ3n) is 4.07. The highest BCUT2D eigenvalue weighted by Crippen LogP contribution is 2.47. The summed E-state index contributed by atoms with van der Waals surface area (Å²) in [6, 6.07) is 4.45. The largest absolute Gasteiger partial charge is 0.465 e. The van der Waals surface area contributed by atoms with Crippen molar-refractivity contribution in [3.8, 4) is 0 Å². The second-order valence-electron chi connectivity index (χ2n) is 5.83. The van der Waals surface area contributed by atoms with Crippen molar-refractivity contribution in [1.29, 1.82) is 0 Å². The Morgan fingerprint density at radius 2 is 1.96 bits per heavy atom. The lowest BCUT2D eigenvalue weighted by Gasteiger charge is -2.16. The van der Waals surface area contributed by atoms with Crippen LogP contribution in [-0.4, -0.2) is 31.4 Å². The highest BCUT2D eigenvalue weighted by Gasteiger charge is 2.56. The van der Waals surface area contributed by atoms with Crippen molar-refractivity contribution in [2.24, 2.45) is 5.41 Å². The molecule has 0 spiro atoms. The van der Waals surface area contributed by atoms with Gasteiger partial charge in [0.1, 0.15) is 5.41 Å². The van der Waals surface area contributed by atoms with E-state index in [1.54, 1.807) is 0 Å². The number of amides is 2. The number of ether oxygens (including phenoxy) is 1. The lowest BCUT2D eigenvalue weighted by Crippen LogP contribution is -2.40. The highest BCUT2D eigenvalue weighted by molar-refractivity contribution is 6.34. The minimum atomic E-state index is -1.03. The summed E-state index contributed by atoms with van der Waals surface area (Å²) in [7, 11) is 1.27. The number of rotatable bonds is 7. The second-order valence-corrected chi connectivity index (χ2v) is 6.24. The predicted octanol–water partition coefficient (Wildman–Crippen LogP) is 2.76. The molecule has 1 fully saturated rings. The smallest absolute Gasteiger partial charge is 0.337 e. The van der Waals surface area contributed by atoms with E-state index in [2.05, 4.69) is 15.4 Å². The number of methoxy groups -OCH3 is 1. The molecule has 7 heteroatoms. The summed E-state index contributed by atoms with van der Waals surface area (Å²) in [6.45, 7) is 2.59. The van der Waals surface area contributed by atoms with Gasteiger partial charge in [-0.1, -0.05) is 24.9 Å². The molecule has 0 radical (unpaired) electrons. The topological polar surface area (TPSA) is 84.5 Å². The van der Waals surface area contributed by atoms with Crippen molar-refractivity contribution in [1.82, 2.24) is 5.32 Å². The van der Waals surface area contributed by atoms with Crippen LogP contribution in [0.3, 0.4) is 0 Å². The first-order valence-corrected chi connectivity index (χ1v) is 8.30. The van der Waals surface area contributed by atoms with Crippen LogP contribution in [0.25, 0.3) is 0 Å². The first kappa shape index (κ1) is 18.3. The molecule has 0 heterocycles. The number of hydrogen-bond acceptors (Lipinski definition) is 4. The molecule has 24 heavy (non-hydrogen) atoms. The van der Waals surface area contributed by atoms with E-state index in [-0.39, 0.29) is 22.2 Å². The first-order chi connectivity index (χ1) is 11.4. The van der Waals surface area contributed by atoms with Crippen molar-refractivity contribution in [3.05, 3.63) is 28.8 Å². The third kappa shape index (κ3) is 3.87. The Kier molecular flexibility index (Phi) is 5.83. The van der Waals surface area contributed by atoms with Gasteiger partial charge in [-0.15, -0.1) is 0 Å². The van der Waals surface area contributed by atoms with Gasteiger partial charge >= 0.3 is 5.97 Å². The molecule has 130 valence electrons. The van der Waals surface area contributed by atoms with Crippen molar-refractivity contribution < 1.29 is 19.1 Å². The van der Waals surface area contributed by atoms with E-state index >= 15 is 0 Å². The van der Waals surface area contributed by atoms with Gasteiger partial charge in [-0.2, -0.15) is 0 Å². The molecule has 1 aromatic carbocycles. The van der Waals surface area contributed by atoms with Crippen LogP contribution in [0.4, 0.5) is 5.69 Å². The molecule has 1 aromatic rings. The molecule has 0 aromatic heterocycles. The summed E-state index contributed by atoms with van der Waals surface area (Å²) < 4.78 is 4.65. The van der Waals surface area contributed by atoms with Crippen LogP contribution in [-0.2, 0) is 14.3 Å². The van der Waals surface area contributed by atoms with Crippen molar-refractivity contribution in [3.63, 3.8) is 0 Å². The van der Waals surface area contributed by atoms with Gasteiger partial charge in [0.05, 0.1) is 23.4 Å². The molecule has 1 aliphatic carbocycles. The van der Waals surface area contributed by atoms with Crippen LogP contribution in [0.5, 0.6) is 0 Å². The number of carbonyl (C=O) groups is 3. The average molecular weight is 353 g/mol. The lowest BCUT2D eigenvalue weighted by atomic mass is 10.0. The maximum atomic E-state index is 12.5. The normalized spacial score (nSPS) is 14.6. The molecule has 6 nitrogen and oxygen atoms in total. The number of anilines is 1. The molecule has 1 saturated carbocycles. The van der Waals surface area contributed by atoms with Crippen molar-refractivity contribution >= 4 is 35.1 Å². The van der Waals surface area contributed by atoms with E-state index in [0.29, 0.717) is 19.4 Å². The molecule has 2 rings (SSSR count). The fourth-order valence-electron chi connectivity index (χ4n) is 2.34. The monoisotopic (exact) mass is 352 g/mol. The first-order valence-electron chi connectivity index (χ1n) is 7.92. The number of carbonyl (C=O) groups excluding carboxylic acids is 3. The summed E-state index contributed by atoms with van der Waals surface area (Å²) in [5, 5.41) is 5.75. The molecule has 2 amide bonds. The summed E-state index contributed by atoms with van der Waals surface area (Å²) in [6.07, 6.45) is 2.85. The third-order valence-corrected chi connectivity index (χ3v) is 4.40. The minimum absolute atomic E-state index is 0.256. The van der Waals surface area contributed by atoms with Crippen LogP contribution >= 0.6 is 11.6 Å². The van der Waals surface area contributed by atoms with Gasteiger partial charge in [0, 0.05) is 6.54 Å². The Bertz CT molecular complexity index is 656. The number of esters is 1. The quantitative estimate of drug-likeness (QED) is 0.449. The van der Waals surface area contributed by atoms with Gasteiger partial charge in [-0.3, -0.25) is 9.59 Å². The van der Waals surface area contributed by atoms with Gasteiger partial charge in [0.25, 0.3) is 0 Å². The van der Waals surface area contributed by atoms with Crippen LogP contribution in [0, 0.1) is 5.41 Å². The fraction of sp³-hybridized carbons (Fsp3) is 0.471. The number of halogens is 1. The average Bonchev–Trinajstić information content (AvgIpc) is 3.38. The second kappa shape index (κ2) is 7.66. The van der Waals surface area contributed by atoms with E-state index in [9.17, 15) is 14.4 Å². The SMILES string of the molecule is CCCCNC(=O)C1(C(=O)Nc2cc(C(=O)OC)ccc2Cl)CC1. The van der Waals surface area contributed by atoms with Gasteiger partial charge in [0.15, 0.2) is 0 Å². The Hall–Kier alpha value is -2.08. The standard InChI is InChI=1S/C17H21ClN2O4/c1-3-4-9-19-15(22)17(7-8-17)16(23)20-13-10-11(14(21)24-2)5-6-12(13)18/h5-6,10H,3-4,7-9H2,1-2H3,(H,19,22)(H,20,23). The summed E-state index contributed by atoms with van der Waals surface area (Å²) in [4.78, 5) is 36.4. The molecule has 0 saturated heterocycles. The highest BCUT2D eigenvalue weighted by atomic mass is 35.5. The van der Waals surface area contributed by atoms with Crippen molar-refractivity contribution in [2.45, 2.75) is 32.6 Å². The molecular weight excluding hydrogens is 332 g/mol. The number of unbranched alkanes of at least 4 members (excludes halogenated alkanes) is 1. The van der Waals surface area contributed by atoms with Gasteiger partial charge < -0.3 is 15.4 Å². The zero-order chi connectivity index (χ0) is 17.7. The Balaban J connectivity index is 2.09. The lowest BCUT2D eigenvalue weighted by molar-refractivity contribution is -0.134. The van der Waals surface area contributed by atoms with Gasteiger partial charge in [0.2, 0.25) is 11.8 Å². The van der Waals surface area contributed by atoms with Crippen LogP contribution in [0.15, 0.2) is 18.2 Å². The van der Waals surface area contributed by atoms with Crippen molar-refractivity contribution in [2.75, 3.05) is 19.0 Å². The molecule has 1 aliphatic rings. The van der Waals surface area contributed by atoms with E-state index in [4.69, 9.17) is 11.6 Å². The molecular formula is C17H21ClN2O4. The molecule has 0 atom stereocenters. The molecule has 0 aliphatic heterocycles. The van der Waals surface area contributed by atoms with Gasteiger partial charge in [-0.05, 0) is 37.5 Å². The predicted molar refractivity (Wildman–Crippen MR) is 91.0 cm³/mol. The maximum Gasteiger partial charge on any atom is 0.337 e. The van der Waals surface area contributed by atoms with Crippen LogP contribution < -0.4 is 10.6 Å². The van der Waals surface area contributed by atoms with E-state index in [1.807, 2.05) is 6.92 Å². The summed E-state index contributed by atoms with van der Waals surface area (Å²) >= 11 is 6.07. The molecule has 0 bridgehead atoms. The van der Waals surface area contributed by atoms with Gasteiger partial charge in [-0.25, -0.2) is 4.79 Å². The van der Waals surface area contributed by atoms with E-state index in [1.165, 1.54) is 25.3 Å². The number of benzene rings is 1. The fourth-order valence-corrected chi connectivity index (χ4v) is 2.50. The van der Waals surface area contributed by atoms with Crippen LogP contribution in [0.1, 0.15) is 43.0 Å². The minimum Gasteiger partial charge on any atom is -0.465 e. The summed E-state index contributed by atoms with van der Waals surface area (Å²) in [5.74, 6) is -1.19. The molecule has 0 unspecified atom stereocenters. The Morgan fingerprint density at radius 1 is 1.25 bits per heavy atom. The zero-order valence-corrected chi connectivity index (χ0v) is 14.5. The maximum absolute atomic E-state index is 12.5. The number of nitrogens with one attached hydrogen (secondary N) is 2. The van der Waals surface area contributed by atoms with E-state index < -0.39 is 17.3 Å². The number of hydrogen-bond donors (Lipinski definition) is 2.